The van der Waals surface area contributed by atoms with Crippen LogP contribution in [0.4, 0.5) is 0 Å². The van der Waals surface area contributed by atoms with Crippen molar-refractivity contribution in [3.8, 4) is 0 Å². The van der Waals surface area contributed by atoms with E-state index in [0.717, 1.165) is 11.1 Å². The normalized spacial score (nSPS) is 12.3. The number of aryl methyl sites for hydroxylation is 1. The van der Waals surface area contributed by atoms with Gasteiger partial charge in [0.05, 0.1) is 12.7 Å². The molecule has 0 aromatic heterocycles. The van der Waals surface area contributed by atoms with Crippen molar-refractivity contribution in [2.24, 2.45) is 5.73 Å². The molecule has 0 radical (unpaired) electrons. The van der Waals surface area contributed by atoms with Crippen molar-refractivity contribution in [3.05, 3.63) is 34.9 Å². The summed E-state index contributed by atoms with van der Waals surface area (Å²) >= 11 is 0. The molecule has 0 aliphatic heterocycles. The molecule has 0 amide bonds. The van der Waals surface area contributed by atoms with Gasteiger partial charge in [0.15, 0.2) is 0 Å². The number of rotatable bonds is 2. The standard InChI is InChI=1S/C11H15NO2/c1-7-4-5-9(11(13)14-3)10(6-7)8(2)12/h4-6,8H,12H2,1-3H3/t8-/m1/s1. The van der Waals surface area contributed by atoms with Gasteiger partial charge >= 0.3 is 5.97 Å². The molecule has 0 fully saturated rings. The van der Waals surface area contributed by atoms with Crippen LogP contribution in [0.3, 0.4) is 0 Å². The number of hydrogen-bond donors (Lipinski definition) is 1. The zero-order chi connectivity index (χ0) is 10.7. The number of carbonyl (C=O) groups is 1. The van der Waals surface area contributed by atoms with Crippen LogP contribution in [0.2, 0.25) is 0 Å². The van der Waals surface area contributed by atoms with Crippen LogP contribution >= 0.6 is 0 Å². The maximum absolute atomic E-state index is 11.4. The van der Waals surface area contributed by atoms with E-state index in [4.69, 9.17) is 5.73 Å². The van der Waals surface area contributed by atoms with E-state index in [1.54, 1.807) is 6.07 Å². The molecule has 0 aliphatic rings. The smallest absolute Gasteiger partial charge is 0.338 e. The molecule has 1 atom stereocenters. The fraction of sp³-hybridized carbons (Fsp3) is 0.364. The first kappa shape index (κ1) is 10.7. The fourth-order valence-electron chi connectivity index (χ4n) is 1.35. The third-order valence-electron chi connectivity index (χ3n) is 2.10. The van der Waals surface area contributed by atoms with Gasteiger partial charge in [-0.3, -0.25) is 0 Å². The Bertz CT molecular complexity index is 345. The lowest BCUT2D eigenvalue weighted by molar-refractivity contribution is 0.0599. The maximum Gasteiger partial charge on any atom is 0.338 e. The number of nitrogens with two attached hydrogens (primary N) is 1. The lowest BCUT2D eigenvalue weighted by Crippen LogP contribution is -2.13. The van der Waals surface area contributed by atoms with Crippen LogP contribution in [0.1, 0.15) is 34.5 Å². The molecule has 1 aromatic rings. The Hall–Kier alpha value is -1.35. The Balaban J connectivity index is 3.21. The lowest BCUT2D eigenvalue weighted by atomic mass is 9.99. The van der Waals surface area contributed by atoms with E-state index in [0.29, 0.717) is 5.56 Å². The number of esters is 1. The predicted octanol–water partition coefficient (Wildman–Crippen LogP) is 1.80. The summed E-state index contributed by atoms with van der Waals surface area (Å²) in [5.74, 6) is -0.336. The summed E-state index contributed by atoms with van der Waals surface area (Å²) in [6.07, 6.45) is 0. The van der Waals surface area contributed by atoms with Gasteiger partial charge in [-0.1, -0.05) is 17.7 Å². The van der Waals surface area contributed by atoms with E-state index in [-0.39, 0.29) is 12.0 Å². The molecule has 0 aliphatic carbocycles. The third-order valence-corrected chi connectivity index (χ3v) is 2.10. The van der Waals surface area contributed by atoms with Gasteiger partial charge in [-0.2, -0.15) is 0 Å². The van der Waals surface area contributed by atoms with Crippen LogP contribution in [-0.2, 0) is 4.74 Å². The van der Waals surface area contributed by atoms with Crippen LogP contribution in [0, 0.1) is 6.92 Å². The monoisotopic (exact) mass is 193 g/mol. The van der Waals surface area contributed by atoms with Crippen LogP contribution in [0.5, 0.6) is 0 Å². The van der Waals surface area contributed by atoms with Gasteiger partial charge in [-0.05, 0) is 25.5 Å². The summed E-state index contributed by atoms with van der Waals surface area (Å²) in [5, 5.41) is 0. The van der Waals surface area contributed by atoms with Crippen LogP contribution in [0.15, 0.2) is 18.2 Å². The molecule has 76 valence electrons. The zero-order valence-electron chi connectivity index (χ0n) is 8.70. The average Bonchev–Trinajstić information content (AvgIpc) is 2.16. The molecule has 3 heteroatoms. The number of ether oxygens (including phenoxy) is 1. The van der Waals surface area contributed by atoms with Crippen LogP contribution < -0.4 is 5.73 Å². The summed E-state index contributed by atoms with van der Waals surface area (Å²) in [6.45, 7) is 3.81. The number of hydrogen-bond acceptors (Lipinski definition) is 3. The second-order valence-electron chi connectivity index (χ2n) is 3.37. The fourth-order valence-corrected chi connectivity index (χ4v) is 1.35. The van der Waals surface area contributed by atoms with Crippen molar-refractivity contribution in [2.45, 2.75) is 19.9 Å². The SMILES string of the molecule is COC(=O)c1ccc(C)cc1[C@@H](C)N. The van der Waals surface area contributed by atoms with E-state index >= 15 is 0 Å². The minimum absolute atomic E-state index is 0.163. The second-order valence-corrected chi connectivity index (χ2v) is 3.37. The number of methoxy groups -OCH3 is 1. The Morgan fingerprint density at radius 3 is 2.64 bits per heavy atom. The molecule has 1 aromatic carbocycles. The first-order chi connectivity index (χ1) is 6.56. The Morgan fingerprint density at radius 2 is 2.14 bits per heavy atom. The van der Waals surface area contributed by atoms with Crippen molar-refractivity contribution in [1.82, 2.24) is 0 Å². The van der Waals surface area contributed by atoms with Crippen molar-refractivity contribution >= 4 is 5.97 Å². The minimum atomic E-state index is -0.336. The van der Waals surface area contributed by atoms with Gasteiger partial charge in [0.1, 0.15) is 0 Å². The van der Waals surface area contributed by atoms with Gasteiger partial charge in [-0.15, -0.1) is 0 Å². The summed E-state index contributed by atoms with van der Waals surface area (Å²) in [5.41, 5.74) is 8.24. The highest BCUT2D eigenvalue weighted by Gasteiger charge is 2.13. The minimum Gasteiger partial charge on any atom is -0.465 e. The molecule has 0 saturated heterocycles. The van der Waals surface area contributed by atoms with Crippen LogP contribution in [-0.4, -0.2) is 13.1 Å². The highest BCUT2D eigenvalue weighted by Crippen LogP contribution is 2.18. The van der Waals surface area contributed by atoms with E-state index in [1.165, 1.54) is 7.11 Å². The van der Waals surface area contributed by atoms with Gasteiger partial charge in [0, 0.05) is 6.04 Å². The number of benzene rings is 1. The lowest BCUT2D eigenvalue weighted by Gasteiger charge is -2.11. The molecule has 0 heterocycles. The highest BCUT2D eigenvalue weighted by atomic mass is 16.5. The Labute approximate surface area is 83.9 Å². The molecule has 0 spiro atoms. The molecule has 2 N–H and O–H groups in total. The molecule has 14 heavy (non-hydrogen) atoms. The zero-order valence-corrected chi connectivity index (χ0v) is 8.70. The van der Waals surface area contributed by atoms with Crippen molar-refractivity contribution in [1.29, 1.82) is 0 Å². The van der Waals surface area contributed by atoms with E-state index in [1.807, 2.05) is 26.0 Å². The quantitative estimate of drug-likeness (QED) is 0.729. The summed E-state index contributed by atoms with van der Waals surface area (Å²) in [4.78, 5) is 11.4. The summed E-state index contributed by atoms with van der Waals surface area (Å²) in [6, 6.07) is 5.37. The van der Waals surface area contributed by atoms with Crippen LogP contribution in [0.25, 0.3) is 0 Å². The Kier molecular flexibility index (Phi) is 3.25. The first-order valence-corrected chi connectivity index (χ1v) is 4.50. The number of carbonyl (C=O) groups excluding carboxylic acids is 1. The molecule has 0 bridgehead atoms. The molecule has 0 unspecified atom stereocenters. The van der Waals surface area contributed by atoms with Gasteiger partial charge in [0.25, 0.3) is 0 Å². The Morgan fingerprint density at radius 1 is 1.50 bits per heavy atom. The van der Waals surface area contributed by atoms with E-state index in [9.17, 15) is 4.79 Å². The molecule has 1 rings (SSSR count). The second kappa shape index (κ2) is 4.24. The van der Waals surface area contributed by atoms with E-state index < -0.39 is 0 Å². The molecular weight excluding hydrogens is 178 g/mol. The predicted molar refractivity (Wildman–Crippen MR) is 55.1 cm³/mol. The maximum atomic E-state index is 11.4. The topological polar surface area (TPSA) is 52.3 Å². The molecule has 3 nitrogen and oxygen atoms in total. The first-order valence-electron chi connectivity index (χ1n) is 4.50. The van der Waals surface area contributed by atoms with E-state index in [2.05, 4.69) is 4.74 Å². The van der Waals surface area contributed by atoms with Crippen molar-refractivity contribution in [2.75, 3.05) is 7.11 Å². The average molecular weight is 193 g/mol. The van der Waals surface area contributed by atoms with Gasteiger partial charge in [0.2, 0.25) is 0 Å². The molecule has 0 saturated carbocycles. The van der Waals surface area contributed by atoms with Gasteiger partial charge < -0.3 is 10.5 Å². The summed E-state index contributed by atoms with van der Waals surface area (Å²) in [7, 11) is 1.37. The van der Waals surface area contributed by atoms with Gasteiger partial charge in [-0.25, -0.2) is 4.79 Å². The molecular formula is C11H15NO2. The highest BCUT2D eigenvalue weighted by molar-refractivity contribution is 5.91. The third kappa shape index (κ3) is 2.12. The van der Waals surface area contributed by atoms with Crippen molar-refractivity contribution < 1.29 is 9.53 Å². The summed E-state index contributed by atoms with van der Waals surface area (Å²) < 4.78 is 4.67. The van der Waals surface area contributed by atoms with Crippen molar-refractivity contribution in [3.63, 3.8) is 0 Å². The largest absolute Gasteiger partial charge is 0.465 e.